The molecule has 0 aromatic heterocycles. The summed E-state index contributed by atoms with van der Waals surface area (Å²) in [5, 5.41) is 3.39. The number of piperidine rings is 1. The van der Waals surface area contributed by atoms with Crippen LogP contribution >= 0.6 is 11.8 Å². The highest BCUT2D eigenvalue weighted by atomic mass is 32.2. The Hall–Kier alpha value is 0.220. The smallest absolute Gasteiger partial charge is 0.211 e. The number of sulfonamides is 1. The van der Waals surface area contributed by atoms with Crippen molar-refractivity contribution in [3.05, 3.63) is 0 Å². The summed E-state index contributed by atoms with van der Waals surface area (Å²) in [5.41, 5.74) is 0. The van der Waals surface area contributed by atoms with Crippen LogP contribution in [0.2, 0.25) is 0 Å². The fraction of sp³-hybridized carbons (Fsp3) is 1.00. The van der Waals surface area contributed by atoms with Crippen molar-refractivity contribution in [3.8, 4) is 0 Å². The molecule has 2 aliphatic rings. The van der Waals surface area contributed by atoms with E-state index >= 15 is 0 Å². The fourth-order valence-corrected chi connectivity index (χ4v) is 5.04. The van der Waals surface area contributed by atoms with Gasteiger partial charge in [-0.25, -0.2) is 13.1 Å². The largest absolute Gasteiger partial charge is 0.314 e. The van der Waals surface area contributed by atoms with Gasteiger partial charge in [-0.2, -0.15) is 11.8 Å². The molecule has 2 heterocycles. The highest BCUT2D eigenvalue weighted by Gasteiger charge is 2.20. The SMILES string of the molecule is O=S(=O)(CCC1CCCCN1)NCC1CCSC1. The summed E-state index contributed by atoms with van der Waals surface area (Å²) in [6, 6.07) is 0.400. The molecule has 4 nitrogen and oxygen atoms in total. The van der Waals surface area contributed by atoms with E-state index in [1.165, 1.54) is 18.6 Å². The van der Waals surface area contributed by atoms with Crippen LogP contribution in [0, 0.1) is 5.92 Å². The number of hydrogen-bond acceptors (Lipinski definition) is 4. The molecule has 2 unspecified atom stereocenters. The van der Waals surface area contributed by atoms with Crippen molar-refractivity contribution in [2.24, 2.45) is 5.92 Å². The first-order chi connectivity index (χ1) is 8.66. The zero-order valence-electron chi connectivity index (χ0n) is 10.9. The van der Waals surface area contributed by atoms with Crippen LogP contribution in [-0.2, 0) is 10.0 Å². The first kappa shape index (κ1) is 14.6. The summed E-state index contributed by atoms with van der Waals surface area (Å²) in [5.74, 6) is 3.09. The van der Waals surface area contributed by atoms with Crippen LogP contribution < -0.4 is 10.0 Å². The lowest BCUT2D eigenvalue weighted by Gasteiger charge is -2.23. The summed E-state index contributed by atoms with van der Waals surface area (Å²) in [7, 11) is -3.07. The molecule has 106 valence electrons. The summed E-state index contributed by atoms with van der Waals surface area (Å²) in [4.78, 5) is 0. The molecule has 2 N–H and O–H groups in total. The minimum atomic E-state index is -3.07. The Bertz CT molecular complexity index is 334. The van der Waals surface area contributed by atoms with E-state index < -0.39 is 10.0 Å². The second-order valence-electron chi connectivity index (χ2n) is 5.33. The Morgan fingerprint density at radius 1 is 1.28 bits per heavy atom. The Kier molecular flexibility index (Phi) is 5.79. The molecule has 0 saturated carbocycles. The van der Waals surface area contributed by atoms with Crippen molar-refractivity contribution in [1.82, 2.24) is 10.0 Å². The van der Waals surface area contributed by atoms with Gasteiger partial charge < -0.3 is 5.32 Å². The van der Waals surface area contributed by atoms with Crippen molar-refractivity contribution < 1.29 is 8.42 Å². The molecule has 0 spiro atoms. The van der Waals surface area contributed by atoms with E-state index in [0.29, 0.717) is 18.5 Å². The summed E-state index contributed by atoms with van der Waals surface area (Å²) in [6.07, 6.45) is 5.46. The van der Waals surface area contributed by atoms with E-state index in [0.717, 1.165) is 31.6 Å². The Morgan fingerprint density at radius 2 is 2.17 bits per heavy atom. The van der Waals surface area contributed by atoms with Gasteiger partial charge >= 0.3 is 0 Å². The van der Waals surface area contributed by atoms with Crippen molar-refractivity contribution in [2.45, 2.75) is 38.1 Å². The maximum atomic E-state index is 11.9. The van der Waals surface area contributed by atoms with Gasteiger partial charge in [-0.15, -0.1) is 0 Å². The third-order valence-electron chi connectivity index (χ3n) is 3.76. The van der Waals surface area contributed by atoms with Crippen LogP contribution in [0.3, 0.4) is 0 Å². The van der Waals surface area contributed by atoms with Crippen molar-refractivity contribution in [1.29, 1.82) is 0 Å². The number of hydrogen-bond donors (Lipinski definition) is 2. The third kappa shape index (κ3) is 5.07. The minimum absolute atomic E-state index is 0.268. The summed E-state index contributed by atoms with van der Waals surface area (Å²) in [6.45, 7) is 1.67. The molecule has 0 bridgehead atoms. The van der Waals surface area contributed by atoms with E-state index in [1.54, 1.807) is 0 Å². The molecule has 0 aromatic rings. The summed E-state index contributed by atoms with van der Waals surface area (Å²) >= 11 is 1.92. The molecule has 2 aliphatic heterocycles. The lowest BCUT2D eigenvalue weighted by atomic mass is 10.0. The van der Waals surface area contributed by atoms with Crippen LogP contribution in [0.15, 0.2) is 0 Å². The highest BCUT2D eigenvalue weighted by Crippen LogP contribution is 2.22. The van der Waals surface area contributed by atoms with Gasteiger partial charge in [-0.05, 0) is 49.7 Å². The second-order valence-corrected chi connectivity index (χ2v) is 8.41. The number of thioether (sulfide) groups is 1. The molecular weight excluding hydrogens is 268 g/mol. The quantitative estimate of drug-likeness (QED) is 0.772. The van der Waals surface area contributed by atoms with E-state index in [4.69, 9.17) is 0 Å². The zero-order valence-corrected chi connectivity index (χ0v) is 12.5. The number of nitrogens with one attached hydrogen (secondary N) is 2. The van der Waals surface area contributed by atoms with Crippen LogP contribution in [0.4, 0.5) is 0 Å². The fourth-order valence-electron chi connectivity index (χ4n) is 2.53. The lowest BCUT2D eigenvalue weighted by Crippen LogP contribution is -2.38. The van der Waals surface area contributed by atoms with Gasteiger partial charge in [0.1, 0.15) is 0 Å². The normalized spacial score (nSPS) is 29.6. The topological polar surface area (TPSA) is 58.2 Å². The van der Waals surface area contributed by atoms with E-state index in [1.807, 2.05) is 11.8 Å². The molecule has 0 radical (unpaired) electrons. The molecular formula is C12H24N2O2S2. The lowest BCUT2D eigenvalue weighted by molar-refractivity contribution is 0.392. The van der Waals surface area contributed by atoms with Crippen LogP contribution in [-0.4, -0.2) is 44.8 Å². The van der Waals surface area contributed by atoms with Gasteiger partial charge in [0.25, 0.3) is 0 Å². The van der Waals surface area contributed by atoms with Gasteiger partial charge in [-0.1, -0.05) is 6.42 Å². The monoisotopic (exact) mass is 292 g/mol. The standard InChI is InChI=1S/C12H24N2O2S2/c15-18(16,14-9-11-4-7-17-10-11)8-5-12-3-1-2-6-13-12/h11-14H,1-10H2. The van der Waals surface area contributed by atoms with E-state index in [-0.39, 0.29) is 5.75 Å². The molecule has 2 atom stereocenters. The minimum Gasteiger partial charge on any atom is -0.314 e. The predicted octanol–water partition coefficient (Wildman–Crippen LogP) is 1.19. The maximum absolute atomic E-state index is 11.9. The van der Waals surface area contributed by atoms with Gasteiger partial charge in [0.2, 0.25) is 10.0 Å². The average molecular weight is 292 g/mol. The maximum Gasteiger partial charge on any atom is 0.211 e. The molecule has 2 fully saturated rings. The Balaban J connectivity index is 1.66. The molecule has 0 amide bonds. The average Bonchev–Trinajstić information content (AvgIpc) is 2.89. The molecule has 2 rings (SSSR count). The van der Waals surface area contributed by atoms with Gasteiger partial charge in [0.05, 0.1) is 5.75 Å². The van der Waals surface area contributed by atoms with E-state index in [2.05, 4.69) is 10.0 Å². The highest BCUT2D eigenvalue weighted by molar-refractivity contribution is 7.99. The van der Waals surface area contributed by atoms with Crippen molar-refractivity contribution >= 4 is 21.8 Å². The second kappa shape index (κ2) is 7.12. The van der Waals surface area contributed by atoms with Crippen molar-refractivity contribution in [2.75, 3.05) is 30.3 Å². The first-order valence-corrected chi connectivity index (χ1v) is 9.75. The van der Waals surface area contributed by atoms with Gasteiger partial charge in [-0.3, -0.25) is 0 Å². The van der Waals surface area contributed by atoms with E-state index in [9.17, 15) is 8.42 Å². The molecule has 0 aliphatic carbocycles. The van der Waals surface area contributed by atoms with Crippen molar-refractivity contribution in [3.63, 3.8) is 0 Å². The van der Waals surface area contributed by atoms with Gasteiger partial charge in [0.15, 0.2) is 0 Å². The molecule has 2 saturated heterocycles. The Morgan fingerprint density at radius 3 is 2.83 bits per heavy atom. The predicted molar refractivity (Wildman–Crippen MR) is 77.5 cm³/mol. The van der Waals surface area contributed by atoms with Crippen LogP contribution in [0.5, 0.6) is 0 Å². The number of rotatable bonds is 6. The van der Waals surface area contributed by atoms with Crippen LogP contribution in [0.1, 0.15) is 32.1 Å². The summed E-state index contributed by atoms with van der Waals surface area (Å²) < 4.78 is 26.5. The Labute approximate surface area is 115 Å². The molecule has 18 heavy (non-hydrogen) atoms. The molecule has 6 heteroatoms. The first-order valence-electron chi connectivity index (χ1n) is 6.94. The van der Waals surface area contributed by atoms with Gasteiger partial charge in [0, 0.05) is 12.6 Å². The molecule has 0 aromatic carbocycles. The van der Waals surface area contributed by atoms with Crippen LogP contribution in [0.25, 0.3) is 0 Å². The zero-order chi connectivity index (χ0) is 12.8. The third-order valence-corrected chi connectivity index (χ3v) is 6.37.